The second-order valence-electron chi connectivity index (χ2n) is 7.61. The highest BCUT2D eigenvalue weighted by atomic mass is 33.1. The fourth-order valence-corrected chi connectivity index (χ4v) is 5.60. The lowest BCUT2D eigenvalue weighted by Gasteiger charge is -2.05. The fourth-order valence-electron chi connectivity index (χ4n) is 3.29. The van der Waals surface area contributed by atoms with Crippen LogP contribution in [-0.4, -0.2) is 5.75 Å². The lowest BCUT2D eigenvalue weighted by Crippen LogP contribution is -1.85. The molecule has 2 heteroatoms. The Labute approximate surface area is 172 Å². The molecule has 0 saturated carbocycles. The van der Waals surface area contributed by atoms with Gasteiger partial charge in [0.1, 0.15) is 0 Å². The van der Waals surface area contributed by atoms with Crippen molar-refractivity contribution in [2.24, 2.45) is 0 Å². The predicted molar refractivity (Wildman–Crippen MR) is 125 cm³/mol. The van der Waals surface area contributed by atoms with Gasteiger partial charge in [-0.05, 0) is 24.5 Å². The van der Waals surface area contributed by atoms with Crippen molar-refractivity contribution in [2.75, 3.05) is 5.75 Å². The van der Waals surface area contributed by atoms with Crippen molar-refractivity contribution in [1.82, 2.24) is 0 Å². The van der Waals surface area contributed by atoms with E-state index in [2.05, 4.69) is 48.9 Å². The second-order valence-corrected chi connectivity index (χ2v) is 10.2. The van der Waals surface area contributed by atoms with Crippen molar-refractivity contribution in [3.8, 4) is 0 Å². The molecule has 0 bridgehead atoms. The predicted octanol–water partition coefficient (Wildman–Crippen LogP) is 9.36. The standard InChI is InChI=1S/C24H42S2/c1-3-4-5-6-7-8-9-10-11-12-13-14-15-18-21-25-26-22-24-20-17-16-19-23(24)2/h16-17,19-20H,3-15,18,21-22H2,1-2H3. The maximum Gasteiger partial charge on any atom is 0.0291 e. The molecule has 0 atom stereocenters. The van der Waals surface area contributed by atoms with Crippen molar-refractivity contribution in [1.29, 1.82) is 0 Å². The van der Waals surface area contributed by atoms with E-state index in [0.717, 1.165) is 5.75 Å². The Hall–Kier alpha value is -0.0800. The summed E-state index contributed by atoms with van der Waals surface area (Å²) < 4.78 is 0. The highest BCUT2D eigenvalue weighted by molar-refractivity contribution is 8.76. The Kier molecular flexibility index (Phi) is 16.9. The van der Waals surface area contributed by atoms with Gasteiger partial charge in [0.05, 0.1) is 0 Å². The summed E-state index contributed by atoms with van der Waals surface area (Å²) in [6.07, 6.45) is 20.3. The van der Waals surface area contributed by atoms with Gasteiger partial charge in [0.25, 0.3) is 0 Å². The normalized spacial score (nSPS) is 11.2. The summed E-state index contributed by atoms with van der Waals surface area (Å²) in [6, 6.07) is 8.76. The molecule has 1 aromatic rings. The van der Waals surface area contributed by atoms with E-state index in [-0.39, 0.29) is 0 Å². The zero-order valence-corrected chi connectivity index (χ0v) is 19.1. The van der Waals surface area contributed by atoms with Crippen LogP contribution in [0.3, 0.4) is 0 Å². The molecule has 1 rings (SSSR count). The van der Waals surface area contributed by atoms with E-state index in [0.29, 0.717) is 0 Å². The monoisotopic (exact) mass is 394 g/mol. The van der Waals surface area contributed by atoms with Gasteiger partial charge in [0.15, 0.2) is 0 Å². The van der Waals surface area contributed by atoms with Crippen LogP contribution in [0.15, 0.2) is 24.3 Å². The van der Waals surface area contributed by atoms with Crippen molar-refractivity contribution >= 4 is 21.6 Å². The Morgan fingerprint density at radius 3 is 1.65 bits per heavy atom. The lowest BCUT2D eigenvalue weighted by molar-refractivity contribution is 0.538. The highest BCUT2D eigenvalue weighted by Gasteiger charge is 1.98. The van der Waals surface area contributed by atoms with Crippen molar-refractivity contribution in [2.45, 2.75) is 109 Å². The lowest BCUT2D eigenvalue weighted by atomic mass is 10.0. The van der Waals surface area contributed by atoms with Crippen LogP contribution in [0.5, 0.6) is 0 Å². The number of unbranched alkanes of at least 4 members (excludes halogenated alkanes) is 13. The van der Waals surface area contributed by atoms with E-state index in [9.17, 15) is 0 Å². The van der Waals surface area contributed by atoms with Crippen LogP contribution >= 0.6 is 21.6 Å². The molecule has 26 heavy (non-hydrogen) atoms. The molecular formula is C24H42S2. The van der Waals surface area contributed by atoms with E-state index in [1.165, 1.54) is 107 Å². The zero-order chi connectivity index (χ0) is 18.7. The van der Waals surface area contributed by atoms with Crippen molar-refractivity contribution < 1.29 is 0 Å². The Morgan fingerprint density at radius 2 is 1.12 bits per heavy atom. The first-order chi connectivity index (χ1) is 12.8. The average molecular weight is 395 g/mol. The van der Waals surface area contributed by atoms with Gasteiger partial charge in [-0.3, -0.25) is 0 Å². The van der Waals surface area contributed by atoms with E-state index in [4.69, 9.17) is 0 Å². The van der Waals surface area contributed by atoms with Crippen LogP contribution in [0, 0.1) is 6.92 Å². The first-order valence-corrected chi connectivity index (χ1v) is 13.6. The van der Waals surface area contributed by atoms with Crippen LogP contribution in [-0.2, 0) is 5.75 Å². The number of rotatable bonds is 18. The third-order valence-corrected chi connectivity index (χ3v) is 7.54. The maximum absolute atomic E-state index is 2.30. The van der Waals surface area contributed by atoms with Crippen LogP contribution < -0.4 is 0 Å². The van der Waals surface area contributed by atoms with Gasteiger partial charge >= 0.3 is 0 Å². The third kappa shape index (κ3) is 14.0. The molecule has 1 aromatic carbocycles. The summed E-state index contributed by atoms with van der Waals surface area (Å²) in [6.45, 7) is 4.51. The van der Waals surface area contributed by atoms with Crippen LogP contribution in [0.4, 0.5) is 0 Å². The van der Waals surface area contributed by atoms with Gasteiger partial charge in [-0.1, -0.05) is 136 Å². The maximum atomic E-state index is 2.30. The fraction of sp³-hybridized carbons (Fsp3) is 0.750. The molecule has 0 saturated heterocycles. The van der Waals surface area contributed by atoms with Gasteiger partial charge in [-0.2, -0.15) is 0 Å². The first kappa shape index (κ1) is 24.0. The quantitative estimate of drug-likeness (QED) is 0.180. The van der Waals surface area contributed by atoms with E-state index in [1.54, 1.807) is 0 Å². The number of benzene rings is 1. The SMILES string of the molecule is CCCCCCCCCCCCCCCCSSCc1ccccc1C. The zero-order valence-electron chi connectivity index (χ0n) is 17.4. The minimum atomic E-state index is 1.15. The molecule has 0 radical (unpaired) electrons. The molecule has 0 nitrogen and oxygen atoms in total. The van der Waals surface area contributed by atoms with Crippen LogP contribution in [0.25, 0.3) is 0 Å². The van der Waals surface area contributed by atoms with Crippen LogP contribution in [0.2, 0.25) is 0 Å². The smallest absolute Gasteiger partial charge is 0.0291 e. The Morgan fingerprint density at radius 1 is 0.615 bits per heavy atom. The third-order valence-electron chi connectivity index (χ3n) is 5.14. The number of hydrogen-bond acceptors (Lipinski definition) is 2. The minimum Gasteiger partial charge on any atom is -0.0938 e. The van der Waals surface area contributed by atoms with E-state index in [1.807, 2.05) is 10.8 Å². The summed E-state index contributed by atoms with van der Waals surface area (Å²) in [7, 11) is 4.08. The van der Waals surface area contributed by atoms with E-state index >= 15 is 0 Å². The molecule has 0 amide bonds. The van der Waals surface area contributed by atoms with E-state index < -0.39 is 0 Å². The molecule has 0 aromatic heterocycles. The molecule has 0 aliphatic heterocycles. The Balaban J connectivity index is 1.74. The second kappa shape index (κ2) is 18.3. The summed E-state index contributed by atoms with van der Waals surface area (Å²) in [5.74, 6) is 2.46. The molecule has 150 valence electrons. The molecule has 0 spiro atoms. The van der Waals surface area contributed by atoms with Crippen LogP contribution in [0.1, 0.15) is 108 Å². The molecule has 0 aliphatic rings. The molecule has 0 heterocycles. The highest BCUT2D eigenvalue weighted by Crippen LogP contribution is 2.28. The van der Waals surface area contributed by atoms with Gasteiger partial charge in [0, 0.05) is 11.5 Å². The first-order valence-electron chi connectivity index (χ1n) is 11.1. The number of hydrogen-bond donors (Lipinski definition) is 0. The number of aryl methyl sites for hydroxylation is 1. The van der Waals surface area contributed by atoms with Crippen molar-refractivity contribution in [3.05, 3.63) is 35.4 Å². The summed E-state index contributed by atoms with van der Waals surface area (Å²) in [5, 5.41) is 0. The molecule has 0 fully saturated rings. The Bertz CT molecular complexity index is 416. The molecule has 0 unspecified atom stereocenters. The minimum absolute atomic E-state index is 1.15. The summed E-state index contributed by atoms with van der Waals surface area (Å²) >= 11 is 0. The molecular weight excluding hydrogens is 352 g/mol. The van der Waals surface area contributed by atoms with Gasteiger partial charge in [0.2, 0.25) is 0 Å². The summed E-state index contributed by atoms with van der Waals surface area (Å²) in [4.78, 5) is 0. The molecule has 0 aliphatic carbocycles. The van der Waals surface area contributed by atoms with Crippen molar-refractivity contribution in [3.63, 3.8) is 0 Å². The van der Waals surface area contributed by atoms with Gasteiger partial charge < -0.3 is 0 Å². The molecule has 0 N–H and O–H groups in total. The average Bonchev–Trinajstić information content (AvgIpc) is 2.65. The van der Waals surface area contributed by atoms with Gasteiger partial charge in [-0.15, -0.1) is 0 Å². The summed E-state index contributed by atoms with van der Waals surface area (Å²) in [5.41, 5.74) is 2.92. The largest absolute Gasteiger partial charge is 0.0938 e. The topological polar surface area (TPSA) is 0 Å². The van der Waals surface area contributed by atoms with Gasteiger partial charge in [-0.25, -0.2) is 0 Å².